The van der Waals surface area contributed by atoms with E-state index in [2.05, 4.69) is 4.98 Å². The number of carbonyl (C=O) groups excluding carboxylic acids is 1. The number of aromatic nitrogens is 1. The molecule has 0 bridgehead atoms. The van der Waals surface area contributed by atoms with Crippen LogP contribution in [0, 0.1) is 5.92 Å². The van der Waals surface area contributed by atoms with Crippen LogP contribution in [0.5, 0.6) is 0 Å². The van der Waals surface area contributed by atoms with Gasteiger partial charge in [-0.15, -0.1) is 11.3 Å². The Labute approximate surface area is 95.5 Å². The minimum atomic E-state index is -4.39. The molecule has 0 N–H and O–H groups in total. The first-order chi connectivity index (χ1) is 7.30. The smallest absolute Gasteiger partial charge is 0.299 e. The van der Waals surface area contributed by atoms with E-state index in [-0.39, 0.29) is 24.5 Å². The van der Waals surface area contributed by atoms with E-state index >= 15 is 0 Å². The molecule has 1 rings (SSSR count). The van der Waals surface area contributed by atoms with Crippen LogP contribution in [0.3, 0.4) is 0 Å². The fourth-order valence-corrected chi connectivity index (χ4v) is 1.88. The van der Waals surface area contributed by atoms with Gasteiger partial charge in [0.05, 0.1) is 5.01 Å². The van der Waals surface area contributed by atoms with Gasteiger partial charge in [0, 0.05) is 24.1 Å². The molecule has 90 valence electrons. The molecule has 1 heterocycles. The molecule has 0 amide bonds. The molecule has 0 spiro atoms. The SMILES string of the molecule is CC(C)C(=O)CCc1nc(C(F)(F)F)cs1. The van der Waals surface area contributed by atoms with E-state index in [1.165, 1.54) is 0 Å². The summed E-state index contributed by atoms with van der Waals surface area (Å²) >= 11 is 0.947. The van der Waals surface area contributed by atoms with E-state index in [1.54, 1.807) is 13.8 Å². The van der Waals surface area contributed by atoms with Gasteiger partial charge in [0.1, 0.15) is 5.78 Å². The van der Waals surface area contributed by atoms with E-state index in [4.69, 9.17) is 0 Å². The summed E-state index contributed by atoms with van der Waals surface area (Å²) in [5, 5.41) is 1.34. The highest BCUT2D eigenvalue weighted by Crippen LogP contribution is 2.30. The van der Waals surface area contributed by atoms with Crippen molar-refractivity contribution in [2.45, 2.75) is 32.9 Å². The van der Waals surface area contributed by atoms with Crippen LogP contribution in [-0.4, -0.2) is 10.8 Å². The Balaban J connectivity index is 2.57. The Kier molecular flexibility index (Phi) is 4.07. The summed E-state index contributed by atoms with van der Waals surface area (Å²) in [6, 6.07) is 0. The van der Waals surface area contributed by atoms with E-state index in [9.17, 15) is 18.0 Å². The Morgan fingerprint density at radius 1 is 1.50 bits per heavy atom. The molecule has 0 aliphatic carbocycles. The minimum Gasteiger partial charge on any atom is -0.299 e. The van der Waals surface area contributed by atoms with Gasteiger partial charge in [-0.25, -0.2) is 4.98 Å². The van der Waals surface area contributed by atoms with Crippen molar-refractivity contribution >= 4 is 17.1 Å². The molecule has 0 aromatic carbocycles. The van der Waals surface area contributed by atoms with Crippen molar-refractivity contribution in [2.24, 2.45) is 5.92 Å². The average molecular weight is 251 g/mol. The predicted octanol–water partition coefficient (Wildman–Crippen LogP) is 3.32. The summed E-state index contributed by atoms with van der Waals surface area (Å²) in [6.07, 6.45) is -3.85. The molecular formula is C10H12F3NOS. The number of aryl methyl sites for hydroxylation is 1. The van der Waals surface area contributed by atoms with Crippen molar-refractivity contribution in [3.63, 3.8) is 0 Å². The van der Waals surface area contributed by atoms with Crippen LogP contribution in [-0.2, 0) is 17.4 Å². The van der Waals surface area contributed by atoms with Crippen LogP contribution in [0.15, 0.2) is 5.38 Å². The zero-order valence-electron chi connectivity index (χ0n) is 8.97. The number of alkyl halides is 3. The van der Waals surface area contributed by atoms with Gasteiger partial charge in [-0.2, -0.15) is 13.2 Å². The first-order valence-corrected chi connectivity index (χ1v) is 5.73. The highest BCUT2D eigenvalue weighted by atomic mass is 32.1. The van der Waals surface area contributed by atoms with Gasteiger partial charge in [-0.1, -0.05) is 13.8 Å². The Morgan fingerprint density at radius 2 is 2.12 bits per heavy atom. The number of halogens is 3. The van der Waals surface area contributed by atoms with Gasteiger partial charge in [-0.3, -0.25) is 4.79 Å². The summed E-state index contributed by atoms with van der Waals surface area (Å²) in [7, 11) is 0. The van der Waals surface area contributed by atoms with Gasteiger partial charge in [-0.05, 0) is 0 Å². The molecule has 16 heavy (non-hydrogen) atoms. The molecule has 0 aliphatic rings. The summed E-state index contributed by atoms with van der Waals surface area (Å²) in [5.41, 5.74) is -0.871. The fourth-order valence-electron chi connectivity index (χ4n) is 1.07. The average Bonchev–Trinajstić information content (AvgIpc) is 2.61. The topological polar surface area (TPSA) is 30.0 Å². The lowest BCUT2D eigenvalue weighted by Gasteiger charge is -2.02. The van der Waals surface area contributed by atoms with E-state index in [0.29, 0.717) is 5.01 Å². The number of ketones is 1. The molecule has 0 atom stereocenters. The molecule has 0 saturated carbocycles. The molecule has 0 radical (unpaired) electrons. The van der Waals surface area contributed by atoms with Crippen molar-refractivity contribution in [1.29, 1.82) is 0 Å². The van der Waals surface area contributed by atoms with E-state index in [1.807, 2.05) is 0 Å². The third-order valence-electron chi connectivity index (χ3n) is 2.07. The molecule has 0 saturated heterocycles. The number of carbonyl (C=O) groups is 1. The van der Waals surface area contributed by atoms with Gasteiger partial charge in [0.15, 0.2) is 5.69 Å². The number of nitrogens with zero attached hydrogens (tertiary/aromatic N) is 1. The van der Waals surface area contributed by atoms with E-state index < -0.39 is 11.9 Å². The fraction of sp³-hybridized carbons (Fsp3) is 0.600. The monoisotopic (exact) mass is 251 g/mol. The van der Waals surface area contributed by atoms with Crippen LogP contribution < -0.4 is 0 Å². The van der Waals surface area contributed by atoms with Gasteiger partial charge in [0.25, 0.3) is 0 Å². The molecule has 0 aliphatic heterocycles. The zero-order valence-corrected chi connectivity index (χ0v) is 9.78. The first-order valence-electron chi connectivity index (χ1n) is 4.85. The molecule has 1 aromatic rings. The van der Waals surface area contributed by atoms with Gasteiger partial charge >= 0.3 is 6.18 Å². The van der Waals surface area contributed by atoms with Crippen LogP contribution >= 0.6 is 11.3 Å². The van der Waals surface area contributed by atoms with Crippen molar-refractivity contribution in [2.75, 3.05) is 0 Å². The number of Topliss-reactive ketones (excluding diaryl/α,β-unsaturated/α-hetero) is 1. The Hall–Kier alpha value is -0.910. The molecule has 0 fully saturated rings. The van der Waals surface area contributed by atoms with Crippen LogP contribution in [0.2, 0.25) is 0 Å². The number of hydrogen-bond donors (Lipinski definition) is 0. The lowest BCUT2D eigenvalue weighted by atomic mass is 10.1. The third kappa shape index (κ3) is 3.59. The Bertz CT molecular complexity index is 370. The molecule has 2 nitrogen and oxygen atoms in total. The maximum Gasteiger partial charge on any atom is 0.434 e. The lowest BCUT2D eigenvalue weighted by molar-refractivity contribution is -0.140. The van der Waals surface area contributed by atoms with Crippen molar-refractivity contribution < 1.29 is 18.0 Å². The highest BCUT2D eigenvalue weighted by Gasteiger charge is 2.33. The van der Waals surface area contributed by atoms with Crippen LogP contribution in [0.4, 0.5) is 13.2 Å². The normalized spacial score (nSPS) is 12.1. The zero-order chi connectivity index (χ0) is 12.3. The second-order valence-electron chi connectivity index (χ2n) is 3.75. The van der Waals surface area contributed by atoms with Crippen molar-refractivity contribution in [3.05, 3.63) is 16.1 Å². The summed E-state index contributed by atoms with van der Waals surface area (Å²) in [4.78, 5) is 14.7. The molecular weight excluding hydrogens is 239 g/mol. The Morgan fingerprint density at radius 3 is 2.56 bits per heavy atom. The number of thiazole rings is 1. The second-order valence-corrected chi connectivity index (χ2v) is 4.69. The lowest BCUT2D eigenvalue weighted by Crippen LogP contribution is -2.08. The van der Waals surface area contributed by atoms with Crippen LogP contribution in [0.1, 0.15) is 31.0 Å². The maximum atomic E-state index is 12.2. The summed E-state index contributed by atoms with van der Waals surface area (Å²) < 4.78 is 36.6. The molecule has 6 heteroatoms. The molecule has 1 aromatic heterocycles. The van der Waals surface area contributed by atoms with Crippen molar-refractivity contribution in [1.82, 2.24) is 4.98 Å². The third-order valence-corrected chi connectivity index (χ3v) is 2.98. The van der Waals surface area contributed by atoms with Gasteiger partial charge in [0.2, 0.25) is 0 Å². The first kappa shape index (κ1) is 13.2. The van der Waals surface area contributed by atoms with Crippen LogP contribution in [0.25, 0.3) is 0 Å². The molecule has 0 unspecified atom stereocenters. The quantitative estimate of drug-likeness (QED) is 0.821. The number of hydrogen-bond acceptors (Lipinski definition) is 3. The second kappa shape index (κ2) is 4.95. The highest BCUT2D eigenvalue weighted by molar-refractivity contribution is 7.09. The minimum absolute atomic E-state index is 0.0451. The number of rotatable bonds is 4. The van der Waals surface area contributed by atoms with E-state index in [0.717, 1.165) is 16.7 Å². The summed E-state index contributed by atoms with van der Waals surface area (Å²) in [5.74, 6) is -0.0363. The largest absolute Gasteiger partial charge is 0.434 e. The summed E-state index contributed by atoms with van der Waals surface area (Å²) in [6.45, 7) is 3.54. The maximum absolute atomic E-state index is 12.2. The van der Waals surface area contributed by atoms with Crippen molar-refractivity contribution in [3.8, 4) is 0 Å². The van der Waals surface area contributed by atoms with Gasteiger partial charge < -0.3 is 0 Å². The predicted molar refractivity (Wildman–Crippen MR) is 55.3 cm³/mol. The standard InChI is InChI=1S/C10H12F3NOS/c1-6(2)7(15)3-4-9-14-8(5-16-9)10(11,12)13/h5-6H,3-4H2,1-2H3.